The smallest absolute Gasteiger partial charge is 0.306 e. The molecule has 1 unspecified atom stereocenters. The molecule has 2 rings (SSSR count). The summed E-state index contributed by atoms with van der Waals surface area (Å²) in [6, 6.07) is 8.12. The Balaban J connectivity index is 1.88. The standard InChI is InChI=1S/C16H21NO3/c1-2-20-16(19)10-9-15(18)13-7-5-12(6-8-13)14-4-3-11-17-14/h5-8,14,17H,2-4,9-11H2,1H3. The zero-order valence-corrected chi connectivity index (χ0v) is 11.9. The SMILES string of the molecule is CCOC(=O)CCC(=O)c1ccc(C2CCCN2)cc1. The molecule has 108 valence electrons. The van der Waals surface area contributed by atoms with E-state index in [0.717, 1.165) is 13.0 Å². The van der Waals surface area contributed by atoms with Crippen LogP contribution in [0.25, 0.3) is 0 Å². The summed E-state index contributed by atoms with van der Waals surface area (Å²) < 4.78 is 4.82. The number of rotatable bonds is 6. The normalized spacial score (nSPS) is 17.9. The second kappa shape index (κ2) is 7.20. The van der Waals surface area contributed by atoms with Crippen LogP contribution in [-0.4, -0.2) is 24.9 Å². The molecule has 4 nitrogen and oxygen atoms in total. The summed E-state index contributed by atoms with van der Waals surface area (Å²) in [5.41, 5.74) is 1.89. The van der Waals surface area contributed by atoms with Gasteiger partial charge >= 0.3 is 5.97 Å². The highest BCUT2D eigenvalue weighted by Crippen LogP contribution is 2.23. The third-order valence-corrected chi connectivity index (χ3v) is 3.56. The van der Waals surface area contributed by atoms with E-state index in [4.69, 9.17) is 4.74 Å². The van der Waals surface area contributed by atoms with Crippen LogP contribution < -0.4 is 5.32 Å². The molecule has 0 radical (unpaired) electrons. The van der Waals surface area contributed by atoms with E-state index in [-0.39, 0.29) is 24.6 Å². The molecule has 1 aromatic carbocycles. The molecule has 0 spiro atoms. The summed E-state index contributed by atoms with van der Waals surface area (Å²) in [7, 11) is 0. The minimum atomic E-state index is -0.312. The molecule has 1 aliphatic heterocycles. The van der Waals surface area contributed by atoms with Crippen LogP contribution in [0.4, 0.5) is 0 Å². The van der Waals surface area contributed by atoms with Crippen molar-refractivity contribution < 1.29 is 14.3 Å². The third kappa shape index (κ3) is 3.90. The van der Waals surface area contributed by atoms with Crippen LogP contribution in [0.5, 0.6) is 0 Å². The molecule has 1 aliphatic rings. The fourth-order valence-electron chi connectivity index (χ4n) is 2.46. The Bertz CT molecular complexity index is 461. The molecule has 1 saturated heterocycles. The first-order valence-corrected chi connectivity index (χ1v) is 7.23. The molecule has 1 fully saturated rings. The molecule has 1 N–H and O–H groups in total. The first kappa shape index (κ1) is 14.7. The van der Waals surface area contributed by atoms with Gasteiger partial charge in [0.2, 0.25) is 0 Å². The van der Waals surface area contributed by atoms with Crippen molar-refractivity contribution in [2.24, 2.45) is 0 Å². The highest BCUT2D eigenvalue weighted by atomic mass is 16.5. The van der Waals surface area contributed by atoms with Gasteiger partial charge in [0.25, 0.3) is 0 Å². The Labute approximate surface area is 119 Å². The topological polar surface area (TPSA) is 55.4 Å². The minimum absolute atomic E-state index is 0.0102. The molecule has 0 saturated carbocycles. The number of benzene rings is 1. The number of hydrogen-bond acceptors (Lipinski definition) is 4. The lowest BCUT2D eigenvalue weighted by Crippen LogP contribution is -2.13. The molecule has 20 heavy (non-hydrogen) atoms. The van der Waals surface area contributed by atoms with E-state index in [1.54, 1.807) is 6.92 Å². The van der Waals surface area contributed by atoms with Crippen LogP contribution in [0.1, 0.15) is 54.6 Å². The summed E-state index contributed by atoms with van der Waals surface area (Å²) in [5.74, 6) is -0.323. The zero-order chi connectivity index (χ0) is 14.4. The Morgan fingerprint density at radius 3 is 2.60 bits per heavy atom. The lowest BCUT2D eigenvalue weighted by atomic mass is 10.0. The van der Waals surface area contributed by atoms with E-state index in [2.05, 4.69) is 5.32 Å². The van der Waals surface area contributed by atoms with E-state index in [9.17, 15) is 9.59 Å². The Kier molecular flexibility index (Phi) is 5.30. The number of Topliss-reactive ketones (excluding diaryl/α,β-unsaturated/α-hetero) is 1. The van der Waals surface area contributed by atoms with Gasteiger partial charge in [-0.1, -0.05) is 24.3 Å². The van der Waals surface area contributed by atoms with Crippen molar-refractivity contribution in [1.29, 1.82) is 0 Å². The van der Waals surface area contributed by atoms with E-state index in [1.165, 1.54) is 12.0 Å². The van der Waals surface area contributed by atoms with Gasteiger partial charge in [0.15, 0.2) is 5.78 Å². The first-order valence-electron chi connectivity index (χ1n) is 7.23. The van der Waals surface area contributed by atoms with E-state index in [1.807, 2.05) is 24.3 Å². The van der Waals surface area contributed by atoms with Crippen LogP contribution in [0.3, 0.4) is 0 Å². The van der Waals surface area contributed by atoms with Crippen molar-refractivity contribution >= 4 is 11.8 Å². The van der Waals surface area contributed by atoms with Gasteiger partial charge < -0.3 is 10.1 Å². The van der Waals surface area contributed by atoms with Gasteiger partial charge in [-0.2, -0.15) is 0 Å². The Morgan fingerprint density at radius 1 is 1.25 bits per heavy atom. The molecule has 0 aromatic heterocycles. The number of nitrogens with one attached hydrogen (secondary N) is 1. The molecule has 1 atom stereocenters. The summed E-state index contributed by atoms with van der Waals surface area (Å²) in [4.78, 5) is 23.2. The third-order valence-electron chi connectivity index (χ3n) is 3.56. The number of carbonyl (C=O) groups is 2. The second-order valence-corrected chi connectivity index (χ2v) is 5.00. The zero-order valence-electron chi connectivity index (χ0n) is 11.9. The lowest BCUT2D eigenvalue weighted by Gasteiger charge is -2.10. The predicted octanol–water partition coefficient (Wildman–Crippen LogP) is 2.64. The molecule has 1 aromatic rings. The monoisotopic (exact) mass is 275 g/mol. The number of carbonyl (C=O) groups excluding carboxylic acids is 2. The lowest BCUT2D eigenvalue weighted by molar-refractivity contribution is -0.143. The van der Waals surface area contributed by atoms with Gasteiger partial charge in [0.05, 0.1) is 13.0 Å². The maximum atomic E-state index is 12.0. The largest absolute Gasteiger partial charge is 0.466 e. The quantitative estimate of drug-likeness (QED) is 0.640. The highest BCUT2D eigenvalue weighted by molar-refractivity contribution is 5.97. The molecule has 4 heteroatoms. The maximum absolute atomic E-state index is 12.0. The number of esters is 1. The van der Waals surface area contributed by atoms with Crippen molar-refractivity contribution in [3.05, 3.63) is 35.4 Å². The minimum Gasteiger partial charge on any atom is -0.466 e. The van der Waals surface area contributed by atoms with Crippen LogP contribution in [0, 0.1) is 0 Å². The number of hydrogen-bond donors (Lipinski definition) is 1. The average Bonchev–Trinajstić information content (AvgIpc) is 2.99. The predicted molar refractivity (Wildman–Crippen MR) is 76.6 cm³/mol. The molecule has 0 bridgehead atoms. The van der Waals surface area contributed by atoms with Crippen molar-refractivity contribution in [2.45, 2.75) is 38.6 Å². The van der Waals surface area contributed by atoms with Crippen LogP contribution in [0.2, 0.25) is 0 Å². The van der Waals surface area contributed by atoms with Gasteiger partial charge in [-0.15, -0.1) is 0 Å². The van der Waals surface area contributed by atoms with Crippen molar-refractivity contribution in [2.75, 3.05) is 13.2 Å². The van der Waals surface area contributed by atoms with Gasteiger partial charge in [-0.3, -0.25) is 9.59 Å². The first-order chi connectivity index (χ1) is 9.70. The summed E-state index contributed by atoms with van der Waals surface area (Å²) >= 11 is 0. The number of ketones is 1. The molecule has 0 amide bonds. The summed E-state index contributed by atoms with van der Waals surface area (Å²) in [6.45, 7) is 3.18. The van der Waals surface area contributed by atoms with Crippen molar-refractivity contribution in [3.63, 3.8) is 0 Å². The number of ether oxygens (including phenoxy) is 1. The van der Waals surface area contributed by atoms with E-state index < -0.39 is 0 Å². The molecule has 1 heterocycles. The van der Waals surface area contributed by atoms with Crippen LogP contribution in [-0.2, 0) is 9.53 Å². The molecular formula is C16H21NO3. The van der Waals surface area contributed by atoms with Crippen molar-refractivity contribution in [3.8, 4) is 0 Å². The molecular weight excluding hydrogens is 254 g/mol. The van der Waals surface area contributed by atoms with Crippen molar-refractivity contribution in [1.82, 2.24) is 5.32 Å². The van der Waals surface area contributed by atoms with Gasteiger partial charge in [-0.05, 0) is 31.9 Å². The van der Waals surface area contributed by atoms with Gasteiger partial charge in [0, 0.05) is 18.0 Å². The van der Waals surface area contributed by atoms with Gasteiger partial charge in [0.1, 0.15) is 0 Å². The van der Waals surface area contributed by atoms with E-state index in [0.29, 0.717) is 18.2 Å². The highest BCUT2D eigenvalue weighted by Gasteiger charge is 2.16. The fourth-order valence-corrected chi connectivity index (χ4v) is 2.46. The fraction of sp³-hybridized carbons (Fsp3) is 0.500. The van der Waals surface area contributed by atoms with Crippen LogP contribution >= 0.6 is 0 Å². The Morgan fingerprint density at radius 2 is 2.00 bits per heavy atom. The Hall–Kier alpha value is -1.68. The second-order valence-electron chi connectivity index (χ2n) is 5.00. The summed E-state index contributed by atoms with van der Waals surface area (Å²) in [5, 5.41) is 3.43. The maximum Gasteiger partial charge on any atom is 0.306 e. The molecule has 0 aliphatic carbocycles. The van der Waals surface area contributed by atoms with Crippen LogP contribution in [0.15, 0.2) is 24.3 Å². The summed E-state index contributed by atoms with van der Waals surface area (Å²) in [6.07, 6.45) is 2.71. The average molecular weight is 275 g/mol. The van der Waals surface area contributed by atoms with E-state index >= 15 is 0 Å². The van der Waals surface area contributed by atoms with Gasteiger partial charge in [-0.25, -0.2) is 0 Å².